The third-order valence-corrected chi connectivity index (χ3v) is 3.28. The first-order valence-corrected chi connectivity index (χ1v) is 6.27. The molecule has 1 aromatic heterocycles. The quantitative estimate of drug-likeness (QED) is 0.837. The van der Waals surface area contributed by atoms with E-state index in [4.69, 9.17) is 0 Å². The molecule has 0 bridgehead atoms. The Balaban J connectivity index is 1.93. The topological polar surface area (TPSA) is 33.1 Å². The molecule has 0 spiro atoms. The summed E-state index contributed by atoms with van der Waals surface area (Å²) in [5.41, 5.74) is 0. The van der Waals surface area contributed by atoms with Crippen LogP contribution in [0.3, 0.4) is 0 Å². The van der Waals surface area contributed by atoms with Crippen molar-refractivity contribution in [2.45, 2.75) is 38.8 Å². The number of nitrogens with zero attached hydrogens (tertiary/aromatic N) is 3. The minimum absolute atomic E-state index is 0.626. The Bertz CT molecular complexity index is 315. The Morgan fingerprint density at radius 1 is 1.56 bits per heavy atom. The number of nitrogens with one attached hydrogen (secondary N) is 1. The summed E-state index contributed by atoms with van der Waals surface area (Å²) in [6, 6.07) is 0.626. The van der Waals surface area contributed by atoms with E-state index in [0.717, 1.165) is 19.0 Å². The fourth-order valence-corrected chi connectivity index (χ4v) is 2.38. The van der Waals surface area contributed by atoms with Gasteiger partial charge in [-0.2, -0.15) is 0 Å². The summed E-state index contributed by atoms with van der Waals surface area (Å²) in [5.74, 6) is 1.08. The molecule has 1 aliphatic heterocycles. The van der Waals surface area contributed by atoms with E-state index in [1.807, 2.05) is 12.4 Å². The van der Waals surface area contributed by atoms with Crippen molar-refractivity contribution in [2.24, 2.45) is 0 Å². The Morgan fingerprint density at radius 2 is 2.44 bits per heavy atom. The van der Waals surface area contributed by atoms with Crippen molar-refractivity contribution >= 4 is 5.95 Å². The normalized spacial score (nSPS) is 21.0. The fourth-order valence-electron chi connectivity index (χ4n) is 2.38. The number of anilines is 1. The van der Waals surface area contributed by atoms with Gasteiger partial charge in [-0.15, -0.1) is 0 Å². The number of piperidine rings is 1. The van der Waals surface area contributed by atoms with E-state index < -0.39 is 0 Å². The molecule has 0 saturated carbocycles. The van der Waals surface area contributed by atoms with E-state index in [-0.39, 0.29) is 0 Å². The Labute approximate surface area is 97.7 Å². The molecule has 1 aromatic rings. The summed E-state index contributed by atoms with van der Waals surface area (Å²) >= 11 is 0. The van der Waals surface area contributed by atoms with Crippen LogP contribution in [-0.2, 0) is 6.54 Å². The van der Waals surface area contributed by atoms with Crippen LogP contribution in [0.2, 0.25) is 0 Å². The van der Waals surface area contributed by atoms with Crippen molar-refractivity contribution < 1.29 is 0 Å². The predicted molar refractivity (Wildman–Crippen MR) is 66.8 cm³/mol. The number of likely N-dealkylation sites (N-methyl/N-ethyl adjacent to an activating group) is 1. The highest BCUT2D eigenvalue weighted by atomic mass is 15.3. The van der Waals surface area contributed by atoms with Gasteiger partial charge in [-0.1, -0.05) is 6.42 Å². The van der Waals surface area contributed by atoms with Crippen LogP contribution < -0.4 is 10.2 Å². The molecule has 0 aliphatic carbocycles. The molecule has 4 nitrogen and oxygen atoms in total. The second-order valence-electron chi connectivity index (χ2n) is 4.54. The van der Waals surface area contributed by atoms with Gasteiger partial charge in [0.05, 0.1) is 0 Å². The lowest BCUT2D eigenvalue weighted by Gasteiger charge is -2.28. The maximum atomic E-state index is 4.41. The Kier molecular flexibility index (Phi) is 3.83. The number of aromatic nitrogens is 2. The largest absolute Gasteiger partial charge is 0.344 e. The number of hydrogen-bond donors (Lipinski definition) is 1. The SMILES string of the molecule is CCn1ccnc1N(C)CC1CCCCN1. The first kappa shape index (κ1) is 11.5. The van der Waals surface area contributed by atoms with Crippen molar-refractivity contribution in [2.75, 3.05) is 25.0 Å². The number of imidazole rings is 1. The van der Waals surface area contributed by atoms with Crippen LogP contribution in [0.4, 0.5) is 5.95 Å². The zero-order valence-electron chi connectivity index (χ0n) is 10.3. The molecule has 1 unspecified atom stereocenters. The fraction of sp³-hybridized carbons (Fsp3) is 0.750. The average molecular weight is 222 g/mol. The minimum atomic E-state index is 0.626. The Hall–Kier alpha value is -1.03. The van der Waals surface area contributed by atoms with Crippen molar-refractivity contribution in [3.8, 4) is 0 Å². The second kappa shape index (κ2) is 5.34. The molecule has 1 N–H and O–H groups in total. The van der Waals surface area contributed by atoms with E-state index in [2.05, 4.69) is 33.7 Å². The first-order valence-electron chi connectivity index (χ1n) is 6.27. The molecular formula is C12H22N4. The molecule has 16 heavy (non-hydrogen) atoms. The maximum absolute atomic E-state index is 4.41. The van der Waals surface area contributed by atoms with E-state index in [0.29, 0.717) is 6.04 Å². The highest BCUT2D eigenvalue weighted by Gasteiger charge is 2.16. The van der Waals surface area contributed by atoms with E-state index in [1.165, 1.54) is 25.8 Å². The lowest BCUT2D eigenvalue weighted by atomic mass is 10.0. The van der Waals surface area contributed by atoms with Crippen molar-refractivity contribution in [3.63, 3.8) is 0 Å². The summed E-state index contributed by atoms with van der Waals surface area (Å²) in [5, 5.41) is 3.57. The molecule has 0 aromatic carbocycles. The van der Waals surface area contributed by atoms with E-state index in [1.54, 1.807) is 0 Å². The molecule has 1 fully saturated rings. The predicted octanol–water partition coefficient (Wildman–Crippen LogP) is 1.48. The molecule has 2 heterocycles. The monoisotopic (exact) mass is 222 g/mol. The van der Waals surface area contributed by atoms with Crippen LogP contribution in [0.5, 0.6) is 0 Å². The first-order chi connectivity index (χ1) is 7.81. The van der Waals surface area contributed by atoms with Gasteiger partial charge in [0.2, 0.25) is 5.95 Å². The molecule has 0 amide bonds. The summed E-state index contributed by atoms with van der Waals surface area (Å²) in [7, 11) is 2.13. The smallest absolute Gasteiger partial charge is 0.205 e. The highest BCUT2D eigenvalue weighted by molar-refractivity contribution is 5.30. The van der Waals surface area contributed by atoms with Crippen LogP contribution in [0.1, 0.15) is 26.2 Å². The van der Waals surface area contributed by atoms with Crippen LogP contribution in [0.15, 0.2) is 12.4 Å². The van der Waals surface area contributed by atoms with Gasteiger partial charge in [0, 0.05) is 38.6 Å². The number of hydrogen-bond acceptors (Lipinski definition) is 3. The maximum Gasteiger partial charge on any atom is 0.205 e. The third-order valence-electron chi connectivity index (χ3n) is 3.28. The molecule has 2 rings (SSSR count). The van der Waals surface area contributed by atoms with E-state index in [9.17, 15) is 0 Å². The highest BCUT2D eigenvalue weighted by Crippen LogP contribution is 2.13. The summed E-state index contributed by atoms with van der Waals surface area (Å²) < 4.78 is 2.18. The molecule has 0 radical (unpaired) electrons. The van der Waals surface area contributed by atoms with Crippen LogP contribution >= 0.6 is 0 Å². The van der Waals surface area contributed by atoms with Gasteiger partial charge in [-0.05, 0) is 26.3 Å². The molecule has 1 saturated heterocycles. The zero-order chi connectivity index (χ0) is 11.4. The summed E-state index contributed by atoms with van der Waals surface area (Å²) in [6.07, 6.45) is 7.89. The van der Waals surface area contributed by atoms with Gasteiger partial charge < -0.3 is 14.8 Å². The van der Waals surface area contributed by atoms with Crippen LogP contribution in [-0.4, -0.2) is 35.7 Å². The number of aryl methyl sites for hydroxylation is 1. The molecule has 1 aliphatic rings. The van der Waals surface area contributed by atoms with Crippen LogP contribution in [0.25, 0.3) is 0 Å². The summed E-state index contributed by atoms with van der Waals surface area (Å²) in [6.45, 7) is 5.35. The van der Waals surface area contributed by atoms with Crippen molar-refractivity contribution in [1.29, 1.82) is 0 Å². The van der Waals surface area contributed by atoms with Gasteiger partial charge >= 0.3 is 0 Å². The summed E-state index contributed by atoms with van der Waals surface area (Å²) in [4.78, 5) is 6.67. The molecule has 90 valence electrons. The zero-order valence-corrected chi connectivity index (χ0v) is 10.3. The molecule has 4 heteroatoms. The van der Waals surface area contributed by atoms with Gasteiger partial charge in [0.15, 0.2) is 0 Å². The minimum Gasteiger partial charge on any atom is -0.344 e. The van der Waals surface area contributed by atoms with Crippen molar-refractivity contribution in [3.05, 3.63) is 12.4 Å². The van der Waals surface area contributed by atoms with Crippen LogP contribution in [0, 0.1) is 0 Å². The Morgan fingerprint density at radius 3 is 3.12 bits per heavy atom. The van der Waals surface area contributed by atoms with E-state index >= 15 is 0 Å². The third kappa shape index (κ3) is 2.55. The van der Waals surface area contributed by atoms with Gasteiger partial charge in [-0.25, -0.2) is 4.98 Å². The second-order valence-corrected chi connectivity index (χ2v) is 4.54. The van der Waals surface area contributed by atoms with Gasteiger partial charge in [0.1, 0.15) is 0 Å². The van der Waals surface area contributed by atoms with Gasteiger partial charge in [-0.3, -0.25) is 0 Å². The lowest BCUT2D eigenvalue weighted by molar-refractivity contribution is 0.401. The number of rotatable bonds is 4. The molecule has 1 atom stereocenters. The van der Waals surface area contributed by atoms with Gasteiger partial charge in [0.25, 0.3) is 0 Å². The lowest BCUT2D eigenvalue weighted by Crippen LogP contribution is -2.43. The van der Waals surface area contributed by atoms with Crippen molar-refractivity contribution in [1.82, 2.24) is 14.9 Å². The standard InChI is InChI=1S/C12H22N4/c1-3-16-9-8-14-12(16)15(2)10-11-6-4-5-7-13-11/h8-9,11,13H,3-7,10H2,1-2H3. The molecular weight excluding hydrogens is 200 g/mol. The average Bonchev–Trinajstić information content (AvgIpc) is 2.78.